The number of benzene rings is 1. The molecule has 0 amide bonds. The molecule has 0 heterocycles. The number of carbonyl (C=O) groups is 1. The van der Waals surface area contributed by atoms with E-state index in [1.165, 1.54) is 24.4 Å². The highest BCUT2D eigenvalue weighted by Gasteiger charge is 2.30. The SMILES string of the molecule is C=N/C(CCCCN(C)CCNC)=C(CC)\C(N=Cc1cccc(C(F)(F)CO)c1)=N/CCl.C=O. The van der Waals surface area contributed by atoms with Gasteiger partial charge in [0.25, 0.3) is 5.92 Å². The number of halogens is 3. The molecule has 2 N–H and O–H groups in total. The van der Waals surface area contributed by atoms with E-state index in [9.17, 15) is 8.78 Å². The van der Waals surface area contributed by atoms with Crippen molar-refractivity contribution in [2.75, 3.05) is 46.3 Å². The Labute approximate surface area is 212 Å². The third-order valence-electron chi connectivity index (χ3n) is 5.16. The average Bonchev–Trinajstić information content (AvgIpc) is 2.88. The van der Waals surface area contributed by atoms with E-state index in [0.29, 0.717) is 17.8 Å². The van der Waals surface area contributed by atoms with Crippen LogP contribution in [0.3, 0.4) is 0 Å². The van der Waals surface area contributed by atoms with Crippen LogP contribution in [-0.2, 0) is 10.7 Å². The van der Waals surface area contributed by atoms with Crippen LogP contribution in [0.5, 0.6) is 0 Å². The molecule has 0 unspecified atom stereocenters. The summed E-state index contributed by atoms with van der Waals surface area (Å²) < 4.78 is 27.6. The van der Waals surface area contributed by atoms with Crippen molar-refractivity contribution in [3.63, 3.8) is 0 Å². The summed E-state index contributed by atoms with van der Waals surface area (Å²) in [5.74, 6) is -2.90. The van der Waals surface area contributed by atoms with E-state index in [2.05, 4.69) is 39.0 Å². The second-order valence-electron chi connectivity index (χ2n) is 7.65. The van der Waals surface area contributed by atoms with E-state index in [1.807, 2.05) is 20.8 Å². The number of alkyl halides is 3. The fourth-order valence-electron chi connectivity index (χ4n) is 3.25. The van der Waals surface area contributed by atoms with Gasteiger partial charge in [0.1, 0.15) is 19.4 Å². The fraction of sp³-hybridized carbons (Fsp3) is 0.520. The average molecular weight is 514 g/mol. The minimum Gasteiger partial charge on any atom is -0.390 e. The number of nitrogens with zero attached hydrogens (tertiary/aromatic N) is 4. The van der Waals surface area contributed by atoms with Gasteiger partial charge in [0.2, 0.25) is 0 Å². The zero-order valence-corrected chi connectivity index (χ0v) is 21.7. The number of unbranched alkanes of at least 4 members (excludes halogenated alkanes) is 1. The third kappa shape index (κ3) is 12.3. The Hall–Kier alpha value is -2.33. The Morgan fingerprint density at radius 3 is 2.57 bits per heavy atom. The number of amidine groups is 1. The molecule has 0 spiro atoms. The number of hydrogen-bond acceptors (Lipinski definition) is 6. The van der Waals surface area contributed by atoms with Crippen molar-refractivity contribution in [3.05, 3.63) is 46.7 Å². The van der Waals surface area contributed by atoms with E-state index in [4.69, 9.17) is 21.5 Å². The summed E-state index contributed by atoms with van der Waals surface area (Å²) in [4.78, 5) is 23.2. The number of aliphatic hydroxyl groups excluding tert-OH is 1. The van der Waals surface area contributed by atoms with Crippen molar-refractivity contribution in [2.45, 2.75) is 38.5 Å². The molecule has 1 rings (SSSR count). The Morgan fingerprint density at radius 1 is 1.29 bits per heavy atom. The molecule has 0 saturated heterocycles. The van der Waals surface area contributed by atoms with Gasteiger partial charge in [0, 0.05) is 36.1 Å². The number of rotatable bonds is 15. The number of aliphatic hydroxyl groups is 1. The first kappa shape index (κ1) is 32.7. The molecule has 7 nitrogen and oxygen atoms in total. The van der Waals surface area contributed by atoms with Crippen molar-refractivity contribution in [3.8, 4) is 0 Å². The smallest absolute Gasteiger partial charge is 0.295 e. The summed E-state index contributed by atoms with van der Waals surface area (Å²) in [5, 5.41) is 12.1. The minimum absolute atomic E-state index is 0.0134. The largest absolute Gasteiger partial charge is 0.390 e. The molecule has 0 atom stereocenters. The normalized spacial score (nSPS) is 13.0. The first-order chi connectivity index (χ1) is 16.8. The van der Waals surface area contributed by atoms with Crippen molar-refractivity contribution in [2.24, 2.45) is 15.0 Å². The summed E-state index contributed by atoms with van der Waals surface area (Å²) in [5.41, 5.74) is 1.85. The number of hydrogen-bond donors (Lipinski definition) is 2. The van der Waals surface area contributed by atoms with Gasteiger partial charge in [-0.2, -0.15) is 8.78 Å². The van der Waals surface area contributed by atoms with Gasteiger partial charge in [-0.05, 0) is 64.7 Å². The maximum absolute atomic E-state index is 13.8. The van der Waals surface area contributed by atoms with Crippen LogP contribution < -0.4 is 5.32 Å². The molecule has 196 valence electrons. The zero-order valence-electron chi connectivity index (χ0n) is 20.9. The molecule has 0 radical (unpaired) electrons. The van der Waals surface area contributed by atoms with Crippen LogP contribution in [0.2, 0.25) is 0 Å². The van der Waals surface area contributed by atoms with Crippen molar-refractivity contribution < 1.29 is 18.7 Å². The topological polar surface area (TPSA) is 89.7 Å². The number of nitrogens with one attached hydrogen (secondary N) is 1. The minimum atomic E-state index is -3.31. The lowest BCUT2D eigenvalue weighted by molar-refractivity contribution is -0.0980. The van der Waals surface area contributed by atoms with Gasteiger partial charge in [-0.3, -0.25) is 9.98 Å². The molecule has 0 aromatic heterocycles. The Morgan fingerprint density at radius 2 is 2.00 bits per heavy atom. The third-order valence-corrected chi connectivity index (χ3v) is 5.28. The molecular formula is C25H38ClF2N5O2. The highest BCUT2D eigenvalue weighted by molar-refractivity contribution is 6.19. The Kier molecular flexibility index (Phi) is 17.7. The van der Waals surface area contributed by atoms with Crippen LogP contribution >= 0.6 is 11.6 Å². The molecule has 0 saturated carbocycles. The first-order valence-corrected chi connectivity index (χ1v) is 11.9. The molecule has 0 fully saturated rings. The Bertz CT molecular complexity index is 847. The molecule has 35 heavy (non-hydrogen) atoms. The maximum atomic E-state index is 13.8. The molecule has 0 aliphatic heterocycles. The molecule has 0 bridgehead atoms. The van der Waals surface area contributed by atoms with Gasteiger partial charge in [0.05, 0.1) is 0 Å². The van der Waals surface area contributed by atoms with Crippen LogP contribution in [0.1, 0.15) is 43.7 Å². The number of carbonyl (C=O) groups excluding carboxylic acids is 1. The first-order valence-electron chi connectivity index (χ1n) is 11.4. The van der Waals surface area contributed by atoms with Crippen LogP contribution in [0, 0.1) is 0 Å². The monoisotopic (exact) mass is 513 g/mol. The summed E-state index contributed by atoms with van der Waals surface area (Å²) in [6.07, 6.45) is 4.80. The summed E-state index contributed by atoms with van der Waals surface area (Å²) in [6.45, 7) is 9.38. The van der Waals surface area contributed by atoms with Crippen LogP contribution in [0.4, 0.5) is 8.78 Å². The van der Waals surface area contributed by atoms with Crippen LogP contribution in [0.25, 0.3) is 0 Å². The van der Waals surface area contributed by atoms with Gasteiger partial charge < -0.3 is 20.1 Å². The van der Waals surface area contributed by atoms with Crippen molar-refractivity contribution >= 4 is 37.2 Å². The number of likely N-dealkylation sites (N-methyl/N-ethyl adjacent to an activating group) is 2. The van der Waals surface area contributed by atoms with Gasteiger partial charge in [-0.15, -0.1) is 11.6 Å². The number of aliphatic imine (C=N–C) groups is 3. The van der Waals surface area contributed by atoms with E-state index in [-0.39, 0.29) is 11.6 Å². The highest BCUT2D eigenvalue weighted by atomic mass is 35.5. The van der Waals surface area contributed by atoms with E-state index in [1.54, 1.807) is 6.07 Å². The molecule has 0 aliphatic carbocycles. The van der Waals surface area contributed by atoms with E-state index >= 15 is 0 Å². The van der Waals surface area contributed by atoms with Gasteiger partial charge in [-0.25, -0.2) is 4.99 Å². The lowest BCUT2D eigenvalue weighted by Gasteiger charge is -2.16. The second-order valence-corrected chi connectivity index (χ2v) is 7.89. The fourth-order valence-corrected chi connectivity index (χ4v) is 3.36. The summed E-state index contributed by atoms with van der Waals surface area (Å²) in [7, 11) is 4.04. The van der Waals surface area contributed by atoms with Crippen LogP contribution in [0.15, 0.2) is 50.5 Å². The van der Waals surface area contributed by atoms with Gasteiger partial charge in [0.15, 0.2) is 5.84 Å². The predicted molar refractivity (Wildman–Crippen MR) is 142 cm³/mol. The van der Waals surface area contributed by atoms with Crippen LogP contribution in [-0.4, -0.2) is 81.9 Å². The van der Waals surface area contributed by atoms with Gasteiger partial charge in [-0.1, -0.05) is 25.1 Å². The Balaban J connectivity index is 0.00000562. The maximum Gasteiger partial charge on any atom is 0.295 e. The van der Waals surface area contributed by atoms with E-state index in [0.717, 1.165) is 50.2 Å². The molecule has 1 aromatic carbocycles. The molecule has 0 aliphatic rings. The second kappa shape index (κ2) is 18.9. The quantitative estimate of drug-likeness (QED) is 0.120. The molecular weight excluding hydrogens is 476 g/mol. The number of allylic oxidation sites excluding steroid dienone is 1. The summed E-state index contributed by atoms with van der Waals surface area (Å²) in [6, 6.07) is 5.74. The highest BCUT2D eigenvalue weighted by Crippen LogP contribution is 2.27. The molecule has 1 aromatic rings. The lowest BCUT2D eigenvalue weighted by atomic mass is 10.0. The summed E-state index contributed by atoms with van der Waals surface area (Å²) >= 11 is 5.87. The molecule has 10 heteroatoms. The standard InChI is InChI=1S/C24H36ClF2N5O.CH2O/c1-5-21(22(29-3)11-6-7-13-32(4)14-12-28-2)23(31-18-25)30-16-19-9-8-10-20(15-19)24(26,27)17-33;1-2/h8-10,15-16,28,33H,3,5-7,11-14,17-18H2,1-2,4H3;1H2/b22-21-,30-16?,31-23+;. The van der Waals surface area contributed by atoms with Crippen molar-refractivity contribution in [1.82, 2.24) is 10.2 Å². The predicted octanol–water partition coefficient (Wildman–Crippen LogP) is 4.29. The van der Waals surface area contributed by atoms with E-state index < -0.39 is 12.5 Å². The van der Waals surface area contributed by atoms with Gasteiger partial charge >= 0.3 is 0 Å². The lowest BCUT2D eigenvalue weighted by Crippen LogP contribution is -2.28. The zero-order chi connectivity index (χ0) is 26.7. The van der Waals surface area contributed by atoms with Crippen molar-refractivity contribution in [1.29, 1.82) is 0 Å².